The Balaban J connectivity index is 1.19. The Bertz CT molecular complexity index is 936. The first kappa shape index (κ1) is 16.4. The number of imidazole rings is 2. The van der Waals surface area contributed by atoms with E-state index in [4.69, 9.17) is 0 Å². The van der Waals surface area contributed by atoms with Crippen molar-refractivity contribution in [2.45, 2.75) is 44.3 Å². The van der Waals surface area contributed by atoms with Gasteiger partial charge in [0.05, 0.1) is 18.4 Å². The lowest BCUT2D eigenvalue weighted by Crippen LogP contribution is -2.44. The number of nitrogens with zero attached hydrogens (tertiary/aromatic N) is 5. The largest absolute Gasteiger partial charge is 0.349 e. The van der Waals surface area contributed by atoms with Crippen molar-refractivity contribution in [2.75, 3.05) is 13.1 Å². The first-order chi connectivity index (χ1) is 13.3. The van der Waals surface area contributed by atoms with Crippen molar-refractivity contribution in [2.24, 2.45) is 0 Å². The summed E-state index contributed by atoms with van der Waals surface area (Å²) in [7, 11) is 0. The Hall–Kier alpha value is -2.74. The summed E-state index contributed by atoms with van der Waals surface area (Å²) in [5.74, 6) is 0.928. The third kappa shape index (κ3) is 3.44. The van der Waals surface area contributed by atoms with Crippen LogP contribution in [0.25, 0.3) is 11.2 Å². The number of pyridine rings is 1. The van der Waals surface area contributed by atoms with Crippen LogP contribution >= 0.6 is 0 Å². The minimum absolute atomic E-state index is 0.0603. The molecule has 0 bridgehead atoms. The number of likely N-dealkylation sites (tertiary alicyclic amines) is 1. The average Bonchev–Trinajstić information content (AvgIpc) is 3.24. The molecule has 0 spiro atoms. The second kappa shape index (κ2) is 6.77. The van der Waals surface area contributed by atoms with E-state index in [9.17, 15) is 4.79 Å². The quantitative estimate of drug-likeness (QED) is 0.720. The highest BCUT2D eigenvalue weighted by Gasteiger charge is 2.26. The van der Waals surface area contributed by atoms with Gasteiger partial charge in [-0.15, -0.1) is 0 Å². The Kier molecular flexibility index (Phi) is 4.12. The molecule has 1 saturated carbocycles. The summed E-state index contributed by atoms with van der Waals surface area (Å²) in [5, 5.41) is 3.16. The number of piperidine rings is 1. The lowest BCUT2D eigenvalue weighted by Gasteiger charge is -2.31. The zero-order valence-corrected chi connectivity index (χ0v) is 15.1. The van der Waals surface area contributed by atoms with E-state index in [-0.39, 0.29) is 11.9 Å². The van der Waals surface area contributed by atoms with Gasteiger partial charge in [-0.1, -0.05) is 0 Å². The Morgan fingerprint density at radius 3 is 2.78 bits per heavy atom. The van der Waals surface area contributed by atoms with Gasteiger partial charge >= 0.3 is 0 Å². The molecule has 8 nitrogen and oxygen atoms in total. The highest BCUT2D eigenvalue weighted by atomic mass is 16.1. The molecule has 5 rings (SSSR count). The van der Waals surface area contributed by atoms with Gasteiger partial charge in [-0.2, -0.15) is 0 Å². The molecule has 8 heteroatoms. The zero-order valence-electron chi connectivity index (χ0n) is 15.1. The van der Waals surface area contributed by atoms with Crippen LogP contribution in [0, 0.1) is 0 Å². The molecule has 0 unspecified atom stereocenters. The zero-order chi connectivity index (χ0) is 18.2. The highest BCUT2D eigenvalue weighted by molar-refractivity contribution is 5.96. The first-order valence-corrected chi connectivity index (χ1v) is 9.60. The van der Waals surface area contributed by atoms with E-state index < -0.39 is 0 Å². The summed E-state index contributed by atoms with van der Waals surface area (Å²) in [5.41, 5.74) is 2.25. The van der Waals surface area contributed by atoms with Gasteiger partial charge in [-0.05, 0) is 31.7 Å². The van der Waals surface area contributed by atoms with Gasteiger partial charge in [0.1, 0.15) is 11.3 Å². The first-order valence-electron chi connectivity index (χ1n) is 9.60. The van der Waals surface area contributed by atoms with Crippen LogP contribution in [0.4, 0.5) is 0 Å². The molecule has 0 atom stereocenters. The fraction of sp³-hybridized carbons (Fsp3) is 0.474. The number of carbonyl (C=O) groups is 1. The van der Waals surface area contributed by atoms with E-state index in [0.29, 0.717) is 11.6 Å². The fourth-order valence-electron chi connectivity index (χ4n) is 3.76. The van der Waals surface area contributed by atoms with Crippen LogP contribution in [0.15, 0.2) is 31.0 Å². The fourth-order valence-corrected chi connectivity index (χ4v) is 3.76. The second-order valence-corrected chi connectivity index (χ2v) is 7.51. The third-order valence-electron chi connectivity index (χ3n) is 5.47. The Labute approximate surface area is 157 Å². The van der Waals surface area contributed by atoms with Crippen LogP contribution in [-0.4, -0.2) is 54.4 Å². The van der Waals surface area contributed by atoms with E-state index in [2.05, 4.69) is 34.7 Å². The van der Waals surface area contributed by atoms with Crippen LogP contribution in [0.1, 0.15) is 47.9 Å². The lowest BCUT2D eigenvalue weighted by atomic mass is 10.0. The number of fused-ring (bicyclic) bond motifs is 1. The standard InChI is InChI=1S/C19H23N7O/c27-19(13-9-16-18(22-10-13)26(12-23-16)15-1-2-15)24-14-3-7-25(8-4-14)11-17-20-5-6-21-17/h5-6,9-10,12,14-15H,1-4,7-8,11H2,(H,20,21)(H,24,27). The van der Waals surface area contributed by atoms with Crippen LogP contribution in [-0.2, 0) is 6.54 Å². The van der Waals surface area contributed by atoms with E-state index >= 15 is 0 Å². The summed E-state index contributed by atoms with van der Waals surface area (Å²) < 4.78 is 2.12. The van der Waals surface area contributed by atoms with Crippen molar-refractivity contribution < 1.29 is 4.79 Å². The van der Waals surface area contributed by atoms with Gasteiger partial charge in [0.25, 0.3) is 5.91 Å². The molecule has 1 amide bonds. The van der Waals surface area contributed by atoms with E-state index in [0.717, 1.165) is 49.5 Å². The summed E-state index contributed by atoms with van der Waals surface area (Å²) in [4.78, 5) is 31.3. The number of amides is 1. The number of carbonyl (C=O) groups excluding carboxylic acids is 1. The van der Waals surface area contributed by atoms with Crippen molar-refractivity contribution in [3.05, 3.63) is 42.4 Å². The predicted octanol–water partition coefficient (Wildman–Crippen LogP) is 1.88. The second-order valence-electron chi connectivity index (χ2n) is 7.51. The number of H-pyrrole nitrogens is 1. The van der Waals surface area contributed by atoms with Gasteiger partial charge in [-0.25, -0.2) is 15.0 Å². The van der Waals surface area contributed by atoms with E-state index in [1.807, 2.05) is 18.6 Å². The lowest BCUT2D eigenvalue weighted by molar-refractivity contribution is 0.0908. The third-order valence-corrected chi connectivity index (χ3v) is 5.47. The van der Waals surface area contributed by atoms with E-state index in [1.54, 1.807) is 12.4 Å². The summed E-state index contributed by atoms with van der Waals surface area (Å²) in [6, 6.07) is 2.58. The summed E-state index contributed by atoms with van der Waals surface area (Å²) in [6.45, 7) is 2.74. The van der Waals surface area contributed by atoms with Crippen molar-refractivity contribution >= 4 is 17.1 Å². The maximum Gasteiger partial charge on any atom is 0.253 e. The van der Waals surface area contributed by atoms with Gasteiger partial charge in [0.2, 0.25) is 0 Å². The van der Waals surface area contributed by atoms with Crippen molar-refractivity contribution in [3.63, 3.8) is 0 Å². The smallest absolute Gasteiger partial charge is 0.253 e. The Morgan fingerprint density at radius 1 is 1.19 bits per heavy atom. The number of aromatic nitrogens is 5. The summed E-state index contributed by atoms with van der Waals surface area (Å²) >= 11 is 0. The van der Waals surface area contributed by atoms with Crippen molar-refractivity contribution in [1.29, 1.82) is 0 Å². The molecule has 140 valence electrons. The van der Waals surface area contributed by atoms with Gasteiger partial charge in [0.15, 0.2) is 5.65 Å². The molecule has 0 aromatic carbocycles. The highest BCUT2D eigenvalue weighted by Crippen LogP contribution is 2.36. The molecule has 3 aromatic rings. The normalized spacial score (nSPS) is 18.8. The minimum atomic E-state index is -0.0603. The van der Waals surface area contributed by atoms with Crippen LogP contribution in [0.2, 0.25) is 0 Å². The number of hydrogen-bond donors (Lipinski definition) is 2. The SMILES string of the molecule is O=C(NC1CCN(Cc2ncc[nH]2)CC1)c1cnc2c(c1)ncn2C1CC1. The van der Waals surface area contributed by atoms with Crippen LogP contribution in [0.5, 0.6) is 0 Å². The maximum atomic E-state index is 12.6. The predicted molar refractivity (Wildman–Crippen MR) is 100 cm³/mol. The average molecular weight is 365 g/mol. The summed E-state index contributed by atoms with van der Waals surface area (Å²) in [6.07, 6.45) is 11.4. The molecule has 4 heterocycles. The van der Waals surface area contributed by atoms with E-state index in [1.165, 1.54) is 12.8 Å². The number of hydrogen-bond acceptors (Lipinski definition) is 5. The number of aromatic amines is 1. The van der Waals surface area contributed by atoms with Gasteiger partial charge in [0, 0.05) is 43.8 Å². The van der Waals surface area contributed by atoms with Gasteiger partial charge < -0.3 is 14.9 Å². The van der Waals surface area contributed by atoms with Gasteiger partial charge in [-0.3, -0.25) is 9.69 Å². The topological polar surface area (TPSA) is 91.7 Å². The minimum Gasteiger partial charge on any atom is -0.349 e. The maximum absolute atomic E-state index is 12.6. The molecule has 3 aromatic heterocycles. The number of rotatable bonds is 5. The molecular formula is C19H23N7O. The van der Waals surface area contributed by atoms with Crippen molar-refractivity contribution in [3.8, 4) is 0 Å². The number of nitrogens with one attached hydrogen (secondary N) is 2. The van der Waals surface area contributed by atoms with Crippen molar-refractivity contribution in [1.82, 2.24) is 34.7 Å². The molecule has 2 fully saturated rings. The molecule has 27 heavy (non-hydrogen) atoms. The molecule has 2 N–H and O–H groups in total. The van der Waals surface area contributed by atoms with Crippen LogP contribution in [0.3, 0.4) is 0 Å². The molecular weight excluding hydrogens is 342 g/mol. The molecule has 1 aliphatic carbocycles. The molecule has 2 aliphatic rings. The van der Waals surface area contributed by atoms with Crippen LogP contribution < -0.4 is 5.32 Å². The molecule has 1 aliphatic heterocycles. The Morgan fingerprint density at radius 2 is 2.04 bits per heavy atom. The molecule has 0 radical (unpaired) electrons. The monoisotopic (exact) mass is 365 g/mol. The molecule has 1 saturated heterocycles.